The van der Waals surface area contributed by atoms with Crippen molar-refractivity contribution in [2.24, 2.45) is 7.05 Å². The molecule has 2 unspecified atom stereocenters. The lowest BCUT2D eigenvalue weighted by Gasteiger charge is -2.37. The van der Waals surface area contributed by atoms with Crippen molar-refractivity contribution in [2.45, 2.75) is 31.7 Å². The summed E-state index contributed by atoms with van der Waals surface area (Å²) in [6.07, 6.45) is 4.34. The Labute approximate surface area is 132 Å². The highest BCUT2D eigenvalue weighted by Crippen LogP contribution is 2.31. The quantitative estimate of drug-likeness (QED) is 0.873. The van der Waals surface area contributed by atoms with E-state index in [1.807, 2.05) is 30.1 Å². The molecule has 0 N–H and O–H groups in total. The lowest BCUT2D eigenvalue weighted by atomic mass is 9.92. The number of nitriles is 1. The van der Waals surface area contributed by atoms with Crippen molar-refractivity contribution in [3.05, 3.63) is 53.3 Å². The SMILES string of the molecule is CC(c1ccc(C#N)cc1)N1CCCC(c2ccnn2C)C1. The molecule has 0 amide bonds. The van der Waals surface area contributed by atoms with E-state index in [9.17, 15) is 0 Å². The number of nitrogens with zero attached hydrogens (tertiary/aromatic N) is 4. The van der Waals surface area contributed by atoms with E-state index in [2.05, 4.69) is 41.2 Å². The third kappa shape index (κ3) is 2.90. The molecule has 2 aromatic rings. The van der Waals surface area contributed by atoms with Gasteiger partial charge in [-0.15, -0.1) is 0 Å². The van der Waals surface area contributed by atoms with Crippen molar-refractivity contribution < 1.29 is 0 Å². The third-order valence-electron chi connectivity index (χ3n) is 4.80. The molecule has 0 saturated carbocycles. The number of piperidine rings is 1. The van der Waals surface area contributed by atoms with Crippen LogP contribution in [0.25, 0.3) is 0 Å². The number of hydrogen-bond donors (Lipinski definition) is 0. The lowest BCUT2D eigenvalue weighted by molar-refractivity contribution is 0.155. The van der Waals surface area contributed by atoms with Gasteiger partial charge in [0.2, 0.25) is 0 Å². The Morgan fingerprint density at radius 2 is 2.05 bits per heavy atom. The molecule has 1 aromatic heterocycles. The van der Waals surface area contributed by atoms with E-state index in [0.717, 1.165) is 18.7 Å². The topological polar surface area (TPSA) is 44.9 Å². The van der Waals surface area contributed by atoms with E-state index in [1.165, 1.54) is 24.1 Å². The van der Waals surface area contributed by atoms with Gasteiger partial charge in [0.05, 0.1) is 11.6 Å². The van der Waals surface area contributed by atoms with Crippen LogP contribution in [0.5, 0.6) is 0 Å². The Kier molecular flexibility index (Phi) is 4.26. The molecule has 1 aliphatic heterocycles. The van der Waals surface area contributed by atoms with Crippen molar-refractivity contribution >= 4 is 0 Å². The van der Waals surface area contributed by atoms with Crippen LogP contribution >= 0.6 is 0 Å². The van der Waals surface area contributed by atoms with E-state index in [1.54, 1.807) is 0 Å². The largest absolute Gasteiger partial charge is 0.296 e. The molecular formula is C18H22N4. The van der Waals surface area contributed by atoms with Crippen molar-refractivity contribution in [2.75, 3.05) is 13.1 Å². The van der Waals surface area contributed by atoms with Gasteiger partial charge in [-0.1, -0.05) is 12.1 Å². The van der Waals surface area contributed by atoms with Gasteiger partial charge in [0, 0.05) is 37.4 Å². The summed E-state index contributed by atoms with van der Waals surface area (Å²) in [5.41, 5.74) is 3.34. The number of rotatable bonds is 3. The zero-order valence-corrected chi connectivity index (χ0v) is 13.2. The molecule has 22 heavy (non-hydrogen) atoms. The summed E-state index contributed by atoms with van der Waals surface area (Å²) < 4.78 is 2.00. The first-order valence-corrected chi connectivity index (χ1v) is 7.91. The molecule has 4 heteroatoms. The molecule has 3 rings (SSSR count). The monoisotopic (exact) mass is 294 g/mol. The first kappa shape index (κ1) is 14.8. The Hall–Kier alpha value is -2.12. The van der Waals surface area contributed by atoms with Crippen LogP contribution in [0.15, 0.2) is 36.5 Å². The Bertz CT molecular complexity index is 665. The number of hydrogen-bond acceptors (Lipinski definition) is 3. The third-order valence-corrected chi connectivity index (χ3v) is 4.80. The number of likely N-dealkylation sites (tertiary alicyclic amines) is 1. The molecule has 1 aromatic carbocycles. The van der Waals surface area contributed by atoms with Gasteiger partial charge in [0.25, 0.3) is 0 Å². The molecule has 2 heterocycles. The maximum Gasteiger partial charge on any atom is 0.0991 e. The van der Waals surface area contributed by atoms with Crippen molar-refractivity contribution in [3.63, 3.8) is 0 Å². The Morgan fingerprint density at radius 1 is 1.27 bits per heavy atom. The van der Waals surface area contributed by atoms with Gasteiger partial charge in [-0.3, -0.25) is 9.58 Å². The minimum absolute atomic E-state index is 0.378. The predicted octanol–water partition coefficient (Wildman–Crippen LogP) is 3.23. The van der Waals surface area contributed by atoms with Crippen LogP contribution in [0.1, 0.15) is 48.5 Å². The van der Waals surface area contributed by atoms with Gasteiger partial charge in [-0.25, -0.2) is 0 Å². The first-order valence-electron chi connectivity index (χ1n) is 7.91. The van der Waals surface area contributed by atoms with Crippen molar-refractivity contribution in [1.82, 2.24) is 14.7 Å². The second kappa shape index (κ2) is 6.33. The smallest absolute Gasteiger partial charge is 0.0991 e. The summed E-state index contributed by atoms with van der Waals surface area (Å²) in [4.78, 5) is 2.54. The fraction of sp³-hybridized carbons (Fsp3) is 0.444. The number of aryl methyl sites for hydroxylation is 1. The number of benzene rings is 1. The lowest BCUT2D eigenvalue weighted by Crippen LogP contribution is -2.36. The summed E-state index contributed by atoms with van der Waals surface area (Å²) in [5.74, 6) is 0.557. The van der Waals surface area contributed by atoms with Gasteiger partial charge < -0.3 is 0 Å². The van der Waals surface area contributed by atoms with Crippen molar-refractivity contribution in [3.8, 4) is 6.07 Å². The molecule has 2 atom stereocenters. The van der Waals surface area contributed by atoms with Crippen LogP contribution in [0, 0.1) is 11.3 Å². The molecular weight excluding hydrogens is 272 g/mol. The highest BCUT2D eigenvalue weighted by atomic mass is 15.3. The molecule has 4 nitrogen and oxygen atoms in total. The van der Waals surface area contributed by atoms with Gasteiger partial charge in [0.1, 0.15) is 0 Å². The average molecular weight is 294 g/mol. The predicted molar refractivity (Wildman–Crippen MR) is 86.3 cm³/mol. The fourth-order valence-corrected chi connectivity index (χ4v) is 3.43. The molecule has 0 spiro atoms. The standard InChI is InChI=1S/C18H22N4/c1-14(16-7-5-15(12-19)6-8-16)22-11-3-4-17(13-22)18-9-10-20-21(18)2/h5-10,14,17H,3-4,11,13H2,1-2H3. The molecule has 0 bridgehead atoms. The maximum atomic E-state index is 8.91. The van der Waals surface area contributed by atoms with Gasteiger partial charge >= 0.3 is 0 Å². The van der Waals surface area contributed by atoms with Gasteiger partial charge in [-0.05, 0) is 50.1 Å². The normalized spacial score (nSPS) is 20.5. The zero-order valence-electron chi connectivity index (χ0n) is 13.2. The molecule has 0 aliphatic carbocycles. The second-order valence-corrected chi connectivity index (χ2v) is 6.12. The summed E-state index contributed by atoms with van der Waals surface area (Å²) in [6.45, 7) is 4.46. The Morgan fingerprint density at radius 3 is 2.68 bits per heavy atom. The second-order valence-electron chi connectivity index (χ2n) is 6.12. The highest BCUT2D eigenvalue weighted by Gasteiger charge is 2.26. The van der Waals surface area contributed by atoms with Crippen LogP contribution in [-0.4, -0.2) is 27.8 Å². The van der Waals surface area contributed by atoms with Crippen LogP contribution < -0.4 is 0 Å². The van der Waals surface area contributed by atoms with E-state index >= 15 is 0 Å². The highest BCUT2D eigenvalue weighted by molar-refractivity contribution is 5.32. The summed E-state index contributed by atoms with van der Waals surface area (Å²) in [7, 11) is 2.03. The summed E-state index contributed by atoms with van der Waals surface area (Å²) >= 11 is 0. The molecule has 1 aliphatic rings. The average Bonchev–Trinajstić information content (AvgIpc) is 3.00. The first-order chi connectivity index (χ1) is 10.7. The maximum absolute atomic E-state index is 8.91. The van der Waals surface area contributed by atoms with Crippen molar-refractivity contribution in [1.29, 1.82) is 5.26 Å². The van der Waals surface area contributed by atoms with Crippen LogP contribution in [0.2, 0.25) is 0 Å². The molecule has 114 valence electrons. The van der Waals surface area contributed by atoms with Crippen LogP contribution in [-0.2, 0) is 7.05 Å². The summed E-state index contributed by atoms with van der Waals surface area (Å²) in [5, 5.41) is 13.2. The minimum atomic E-state index is 0.378. The molecule has 1 saturated heterocycles. The fourth-order valence-electron chi connectivity index (χ4n) is 3.43. The van der Waals surface area contributed by atoms with Crippen LogP contribution in [0.4, 0.5) is 0 Å². The number of aromatic nitrogens is 2. The van der Waals surface area contributed by atoms with Gasteiger partial charge in [0.15, 0.2) is 0 Å². The van der Waals surface area contributed by atoms with Crippen LogP contribution in [0.3, 0.4) is 0 Å². The van der Waals surface area contributed by atoms with E-state index in [4.69, 9.17) is 5.26 Å². The van der Waals surface area contributed by atoms with E-state index in [-0.39, 0.29) is 0 Å². The minimum Gasteiger partial charge on any atom is -0.296 e. The molecule has 0 radical (unpaired) electrons. The Balaban J connectivity index is 1.73. The van der Waals surface area contributed by atoms with E-state index in [0.29, 0.717) is 12.0 Å². The summed E-state index contributed by atoms with van der Waals surface area (Å²) in [6, 6.07) is 12.7. The zero-order chi connectivity index (χ0) is 15.5. The van der Waals surface area contributed by atoms with Gasteiger partial charge in [-0.2, -0.15) is 10.4 Å². The van der Waals surface area contributed by atoms with E-state index < -0.39 is 0 Å². The molecule has 1 fully saturated rings.